The van der Waals surface area contributed by atoms with E-state index in [2.05, 4.69) is 10.5 Å². The van der Waals surface area contributed by atoms with Crippen molar-refractivity contribution in [3.8, 4) is 17.2 Å². The molecule has 2 aromatic carbocycles. The van der Waals surface area contributed by atoms with Crippen LogP contribution in [0.3, 0.4) is 0 Å². The number of carbonyl (C=O) groups is 1. The molecule has 1 amide bonds. The number of hydrogen-bond acceptors (Lipinski definition) is 7. The smallest absolute Gasteiger partial charge is 0.277 e. The number of benzene rings is 2. The molecule has 2 rings (SSSR count). The highest BCUT2D eigenvalue weighted by Gasteiger charge is 2.12. The Bertz CT molecular complexity index is 850. The minimum Gasteiger partial charge on any atom is -0.867 e. The van der Waals surface area contributed by atoms with Crippen LogP contribution in [-0.2, 0) is 4.79 Å². The van der Waals surface area contributed by atoms with Crippen LogP contribution in [0.2, 0.25) is 0 Å². The van der Waals surface area contributed by atoms with Gasteiger partial charge in [-0.3, -0.25) is 14.9 Å². The highest BCUT2D eigenvalue weighted by atomic mass is 16.6. The lowest BCUT2D eigenvalue weighted by Crippen LogP contribution is -2.24. The Hall–Kier alpha value is -3.62. The van der Waals surface area contributed by atoms with E-state index >= 15 is 0 Å². The first-order valence-corrected chi connectivity index (χ1v) is 7.45. The number of nitro groups is 1. The zero-order valence-electron chi connectivity index (χ0n) is 14.1. The third-order valence-electron chi connectivity index (χ3n) is 3.26. The van der Waals surface area contributed by atoms with Gasteiger partial charge in [0.25, 0.3) is 11.6 Å². The predicted molar refractivity (Wildman–Crippen MR) is 91.5 cm³/mol. The Kier molecular flexibility index (Phi) is 6.10. The molecule has 9 nitrogen and oxygen atoms in total. The fourth-order valence-electron chi connectivity index (χ4n) is 2.02. The van der Waals surface area contributed by atoms with E-state index in [0.717, 1.165) is 17.8 Å². The van der Waals surface area contributed by atoms with Crippen molar-refractivity contribution in [3.05, 3.63) is 57.6 Å². The first-order valence-electron chi connectivity index (χ1n) is 7.45. The Labute approximate surface area is 149 Å². The number of hydrogen-bond donors (Lipinski definition) is 1. The van der Waals surface area contributed by atoms with Gasteiger partial charge in [0.15, 0.2) is 6.61 Å². The molecule has 0 fully saturated rings. The van der Waals surface area contributed by atoms with Gasteiger partial charge in [0.1, 0.15) is 11.5 Å². The van der Waals surface area contributed by atoms with Gasteiger partial charge in [-0.05, 0) is 42.0 Å². The van der Waals surface area contributed by atoms with Gasteiger partial charge in [0.2, 0.25) is 0 Å². The minimum atomic E-state index is -0.829. The highest BCUT2D eigenvalue weighted by molar-refractivity contribution is 5.87. The lowest BCUT2D eigenvalue weighted by molar-refractivity contribution is -0.398. The summed E-state index contributed by atoms with van der Waals surface area (Å²) in [5.41, 5.74) is 2.45. The minimum absolute atomic E-state index is 0.0871. The first-order chi connectivity index (χ1) is 12.4. The fraction of sp³-hybridized carbons (Fsp3) is 0.176. The highest BCUT2D eigenvalue weighted by Crippen LogP contribution is 2.31. The topological polar surface area (TPSA) is 126 Å². The number of amides is 1. The van der Waals surface area contributed by atoms with E-state index in [9.17, 15) is 20.0 Å². The molecular formula is C17H16N3O6-. The second-order valence-electron chi connectivity index (χ2n) is 5.22. The van der Waals surface area contributed by atoms with Crippen molar-refractivity contribution >= 4 is 17.8 Å². The third kappa shape index (κ3) is 4.94. The van der Waals surface area contributed by atoms with Crippen LogP contribution in [0, 0.1) is 17.0 Å². The largest absolute Gasteiger partial charge is 0.867 e. The van der Waals surface area contributed by atoms with Crippen molar-refractivity contribution < 1.29 is 24.3 Å². The normalized spacial score (nSPS) is 10.5. The molecule has 2 aromatic rings. The quantitative estimate of drug-likeness (QED) is 0.454. The summed E-state index contributed by atoms with van der Waals surface area (Å²) in [5, 5.41) is 26.5. The summed E-state index contributed by atoms with van der Waals surface area (Å²) in [5.74, 6) is -0.710. The van der Waals surface area contributed by atoms with E-state index in [4.69, 9.17) is 9.47 Å². The Morgan fingerprint density at radius 3 is 2.73 bits per heavy atom. The van der Waals surface area contributed by atoms with Crippen molar-refractivity contribution in [1.82, 2.24) is 5.43 Å². The summed E-state index contributed by atoms with van der Waals surface area (Å²) in [6.45, 7) is 1.62. The molecule has 0 atom stereocenters. The van der Waals surface area contributed by atoms with E-state index in [-0.39, 0.29) is 17.9 Å². The Balaban J connectivity index is 2.00. The number of carbonyl (C=O) groups excluding carboxylic acids is 1. The number of nitrogens with zero attached hydrogens (tertiary/aromatic N) is 2. The monoisotopic (exact) mass is 358 g/mol. The van der Waals surface area contributed by atoms with Gasteiger partial charge in [0.05, 0.1) is 24.3 Å². The van der Waals surface area contributed by atoms with Crippen molar-refractivity contribution in [2.45, 2.75) is 6.92 Å². The number of ether oxygens (including phenoxy) is 2. The number of hydrazone groups is 1. The van der Waals surface area contributed by atoms with Crippen LogP contribution in [0.5, 0.6) is 17.2 Å². The van der Waals surface area contributed by atoms with Crippen molar-refractivity contribution in [1.29, 1.82) is 0 Å². The second kappa shape index (κ2) is 8.47. The molecule has 0 saturated heterocycles. The number of nitro benzene ring substituents is 1. The number of rotatable bonds is 7. The molecular weight excluding hydrogens is 342 g/mol. The predicted octanol–water partition coefficient (Wildman–Crippen LogP) is 1.51. The van der Waals surface area contributed by atoms with Gasteiger partial charge in [-0.1, -0.05) is 12.1 Å². The molecule has 0 aliphatic rings. The second-order valence-corrected chi connectivity index (χ2v) is 5.22. The molecule has 0 aliphatic carbocycles. The summed E-state index contributed by atoms with van der Waals surface area (Å²) in [4.78, 5) is 21.8. The zero-order chi connectivity index (χ0) is 19.1. The van der Waals surface area contributed by atoms with Gasteiger partial charge in [-0.2, -0.15) is 5.10 Å². The van der Waals surface area contributed by atoms with Gasteiger partial charge >= 0.3 is 0 Å². The van der Waals surface area contributed by atoms with Crippen LogP contribution in [0.25, 0.3) is 0 Å². The van der Waals surface area contributed by atoms with E-state index in [1.807, 2.05) is 13.0 Å². The van der Waals surface area contributed by atoms with Gasteiger partial charge < -0.3 is 14.6 Å². The molecule has 0 spiro atoms. The molecule has 136 valence electrons. The van der Waals surface area contributed by atoms with E-state index < -0.39 is 22.3 Å². The maximum absolute atomic E-state index is 12.0. The van der Waals surface area contributed by atoms with Crippen molar-refractivity contribution in [2.75, 3.05) is 13.7 Å². The molecule has 0 aliphatic heterocycles. The van der Waals surface area contributed by atoms with Gasteiger partial charge in [0, 0.05) is 0 Å². The molecule has 0 unspecified atom stereocenters. The molecule has 0 radical (unpaired) electrons. The lowest BCUT2D eigenvalue weighted by atomic mass is 10.1. The number of methoxy groups -OCH3 is 1. The average Bonchev–Trinajstić information content (AvgIpc) is 2.61. The van der Waals surface area contributed by atoms with Gasteiger partial charge in [-0.25, -0.2) is 5.43 Å². The van der Waals surface area contributed by atoms with Gasteiger partial charge in [-0.15, -0.1) is 0 Å². The van der Waals surface area contributed by atoms with Crippen LogP contribution in [-0.4, -0.2) is 30.8 Å². The molecule has 0 bridgehead atoms. The van der Waals surface area contributed by atoms with Crippen LogP contribution in [0.1, 0.15) is 11.1 Å². The molecule has 0 aromatic heterocycles. The number of nitrogens with one attached hydrogen (secondary N) is 1. The van der Waals surface area contributed by atoms with Crippen LogP contribution >= 0.6 is 0 Å². The van der Waals surface area contributed by atoms with Crippen LogP contribution in [0.4, 0.5) is 5.69 Å². The molecule has 0 saturated carbocycles. The van der Waals surface area contributed by atoms with E-state index in [1.54, 1.807) is 18.2 Å². The molecule has 0 heterocycles. The van der Waals surface area contributed by atoms with Crippen LogP contribution < -0.4 is 20.0 Å². The fourth-order valence-corrected chi connectivity index (χ4v) is 2.02. The summed E-state index contributed by atoms with van der Waals surface area (Å²) in [6, 6.07) is 9.48. The zero-order valence-corrected chi connectivity index (χ0v) is 14.1. The maximum atomic E-state index is 12.0. The first kappa shape index (κ1) is 18.7. The maximum Gasteiger partial charge on any atom is 0.277 e. The third-order valence-corrected chi connectivity index (χ3v) is 3.26. The van der Waals surface area contributed by atoms with Crippen LogP contribution in [0.15, 0.2) is 41.5 Å². The molecule has 9 heteroatoms. The summed E-state index contributed by atoms with van der Waals surface area (Å²) < 4.78 is 10.2. The Morgan fingerprint density at radius 1 is 1.31 bits per heavy atom. The summed E-state index contributed by atoms with van der Waals surface area (Å²) in [6.07, 6.45) is 1.02. The Morgan fingerprint density at radius 2 is 2.08 bits per heavy atom. The lowest BCUT2D eigenvalue weighted by Gasteiger charge is -2.12. The molecule has 26 heavy (non-hydrogen) atoms. The standard InChI is InChI=1S/C17H17N3O6/c1-11-4-3-5-13(6-11)26-10-16(21)19-18-9-12-7-14(25-2)8-15(17(12)22)20(23)24/h3-9,22H,10H2,1-2H3,(H,19,21)/p-1/b18-9-. The SMILES string of the molecule is COc1cc(/C=N\NC(=O)COc2cccc(C)c2)c([O-])c([N+](=O)[O-])c1. The van der Waals surface area contributed by atoms with Crippen molar-refractivity contribution in [2.24, 2.45) is 5.10 Å². The van der Waals surface area contributed by atoms with Crippen molar-refractivity contribution in [3.63, 3.8) is 0 Å². The molecule has 1 N–H and O–H groups in total. The van der Waals surface area contributed by atoms with E-state index in [1.165, 1.54) is 13.2 Å². The summed E-state index contributed by atoms with van der Waals surface area (Å²) in [7, 11) is 1.31. The number of aryl methyl sites for hydroxylation is 1. The average molecular weight is 358 g/mol. The summed E-state index contributed by atoms with van der Waals surface area (Å²) >= 11 is 0. The van der Waals surface area contributed by atoms with E-state index in [0.29, 0.717) is 5.75 Å².